The summed E-state index contributed by atoms with van der Waals surface area (Å²) in [6.45, 7) is 3.94. The van der Waals surface area contributed by atoms with Crippen molar-refractivity contribution in [1.82, 2.24) is 5.32 Å². The van der Waals surface area contributed by atoms with E-state index in [0.29, 0.717) is 36.2 Å². The van der Waals surface area contributed by atoms with Crippen molar-refractivity contribution in [3.8, 4) is 23.0 Å². The van der Waals surface area contributed by atoms with Crippen LogP contribution in [0.3, 0.4) is 0 Å². The summed E-state index contributed by atoms with van der Waals surface area (Å²) in [4.78, 5) is 0. The van der Waals surface area contributed by atoms with E-state index in [9.17, 15) is 0 Å². The second kappa shape index (κ2) is 10.1. The van der Waals surface area contributed by atoms with Gasteiger partial charge in [0, 0.05) is 24.7 Å². The van der Waals surface area contributed by atoms with Crippen LogP contribution in [0.4, 0.5) is 0 Å². The fourth-order valence-electron chi connectivity index (χ4n) is 2.56. The number of rotatable bonds is 10. The quantitative estimate of drug-likeness (QED) is 0.661. The van der Waals surface area contributed by atoms with Crippen molar-refractivity contribution < 1.29 is 18.9 Å². The predicted molar refractivity (Wildman–Crippen MR) is 104 cm³/mol. The van der Waals surface area contributed by atoms with E-state index in [4.69, 9.17) is 30.5 Å². The van der Waals surface area contributed by atoms with Gasteiger partial charge in [-0.25, -0.2) is 0 Å². The molecule has 2 rings (SSSR count). The molecule has 1 N–H and O–H groups in total. The summed E-state index contributed by atoms with van der Waals surface area (Å²) >= 11 is 6.36. The molecule has 5 nitrogen and oxygen atoms in total. The second-order valence-electron chi connectivity index (χ2n) is 5.74. The molecule has 0 unspecified atom stereocenters. The Balaban J connectivity index is 2.04. The zero-order chi connectivity index (χ0) is 18.9. The number of benzene rings is 2. The summed E-state index contributed by atoms with van der Waals surface area (Å²) < 4.78 is 21.7. The maximum Gasteiger partial charge on any atom is 0.179 e. The maximum atomic E-state index is 6.36. The van der Waals surface area contributed by atoms with Crippen LogP contribution >= 0.6 is 11.6 Å². The zero-order valence-corrected chi connectivity index (χ0v) is 16.5. The number of halogens is 1. The van der Waals surface area contributed by atoms with Crippen LogP contribution in [0, 0.1) is 0 Å². The summed E-state index contributed by atoms with van der Waals surface area (Å²) in [5.41, 5.74) is 2.07. The highest BCUT2D eigenvalue weighted by molar-refractivity contribution is 6.32. The number of hydrogen-bond acceptors (Lipinski definition) is 5. The van der Waals surface area contributed by atoms with Gasteiger partial charge in [0.2, 0.25) is 0 Å². The molecular formula is C20H26ClNO4. The Bertz CT molecular complexity index is 721. The fraction of sp³-hybridized carbons (Fsp3) is 0.400. The molecule has 2 aromatic rings. The average molecular weight is 380 g/mol. The van der Waals surface area contributed by atoms with Crippen molar-refractivity contribution in [3.63, 3.8) is 0 Å². The molecule has 26 heavy (non-hydrogen) atoms. The van der Waals surface area contributed by atoms with Gasteiger partial charge in [-0.2, -0.15) is 0 Å². The highest BCUT2D eigenvalue weighted by Gasteiger charge is 2.12. The monoisotopic (exact) mass is 379 g/mol. The lowest BCUT2D eigenvalue weighted by atomic mass is 10.1. The molecule has 0 bridgehead atoms. The first-order chi connectivity index (χ1) is 12.6. The average Bonchev–Trinajstić information content (AvgIpc) is 2.66. The fourth-order valence-corrected chi connectivity index (χ4v) is 2.85. The van der Waals surface area contributed by atoms with E-state index in [1.165, 1.54) is 0 Å². The molecule has 0 fully saturated rings. The summed E-state index contributed by atoms with van der Waals surface area (Å²) in [5.74, 6) is 2.79. The Morgan fingerprint density at radius 2 is 1.69 bits per heavy atom. The number of ether oxygens (including phenoxy) is 4. The molecule has 6 heteroatoms. The van der Waals surface area contributed by atoms with E-state index in [-0.39, 0.29) is 0 Å². The minimum absolute atomic E-state index is 0.552. The van der Waals surface area contributed by atoms with Crippen LogP contribution < -0.4 is 24.3 Å². The summed E-state index contributed by atoms with van der Waals surface area (Å²) in [5, 5.41) is 3.95. The molecule has 0 spiro atoms. The molecule has 0 aliphatic rings. The number of hydrogen-bond donors (Lipinski definition) is 1. The van der Waals surface area contributed by atoms with E-state index in [2.05, 4.69) is 5.32 Å². The Labute approximate surface area is 160 Å². The SMILES string of the molecule is CCCOc1c(Cl)cc(CNCc2ccc(OC)cc2OC)cc1OC. The highest BCUT2D eigenvalue weighted by atomic mass is 35.5. The smallest absolute Gasteiger partial charge is 0.179 e. The van der Waals surface area contributed by atoms with Crippen LogP contribution in [0.25, 0.3) is 0 Å². The number of methoxy groups -OCH3 is 3. The molecule has 0 aliphatic heterocycles. The van der Waals surface area contributed by atoms with Gasteiger partial charge in [-0.15, -0.1) is 0 Å². The van der Waals surface area contributed by atoms with Crippen LogP contribution in [0.15, 0.2) is 30.3 Å². The minimum Gasteiger partial charge on any atom is -0.497 e. The van der Waals surface area contributed by atoms with Gasteiger partial charge in [0.1, 0.15) is 11.5 Å². The van der Waals surface area contributed by atoms with Crippen molar-refractivity contribution in [1.29, 1.82) is 0 Å². The third-order valence-electron chi connectivity index (χ3n) is 3.88. The van der Waals surface area contributed by atoms with Gasteiger partial charge < -0.3 is 24.3 Å². The van der Waals surface area contributed by atoms with Crippen LogP contribution in [-0.2, 0) is 13.1 Å². The molecule has 0 radical (unpaired) electrons. The van der Waals surface area contributed by atoms with E-state index in [1.807, 2.05) is 37.3 Å². The Hall–Kier alpha value is -2.11. The third kappa shape index (κ3) is 5.19. The van der Waals surface area contributed by atoms with Gasteiger partial charge in [0.25, 0.3) is 0 Å². The predicted octanol–water partition coefficient (Wildman–Crippen LogP) is 4.44. The standard InChI is InChI=1S/C20H26ClNO4/c1-5-8-26-20-17(21)9-14(10-19(20)25-4)12-22-13-15-6-7-16(23-2)11-18(15)24-3/h6-7,9-11,22H,5,8,12-13H2,1-4H3. The zero-order valence-electron chi connectivity index (χ0n) is 15.7. The molecule has 0 amide bonds. The minimum atomic E-state index is 0.552. The van der Waals surface area contributed by atoms with Gasteiger partial charge in [-0.1, -0.05) is 24.6 Å². The van der Waals surface area contributed by atoms with Crippen LogP contribution in [0.5, 0.6) is 23.0 Å². The Morgan fingerprint density at radius 1 is 0.923 bits per heavy atom. The molecule has 0 heterocycles. The first kappa shape index (κ1) is 20.2. The largest absolute Gasteiger partial charge is 0.497 e. The van der Waals surface area contributed by atoms with E-state index in [0.717, 1.165) is 29.0 Å². The van der Waals surface area contributed by atoms with Gasteiger partial charge in [-0.3, -0.25) is 0 Å². The first-order valence-electron chi connectivity index (χ1n) is 8.53. The van der Waals surface area contributed by atoms with E-state index < -0.39 is 0 Å². The molecule has 142 valence electrons. The molecule has 0 saturated carbocycles. The van der Waals surface area contributed by atoms with E-state index in [1.54, 1.807) is 21.3 Å². The molecule has 0 aromatic heterocycles. The van der Waals surface area contributed by atoms with E-state index >= 15 is 0 Å². The third-order valence-corrected chi connectivity index (χ3v) is 4.16. The van der Waals surface area contributed by atoms with Crippen LogP contribution in [0.2, 0.25) is 5.02 Å². The molecule has 2 aromatic carbocycles. The van der Waals surface area contributed by atoms with Gasteiger partial charge >= 0.3 is 0 Å². The lowest BCUT2D eigenvalue weighted by molar-refractivity contribution is 0.294. The molecule has 0 atom stereocenters. The topological polar surface area (TPSA) is 49.0 Å². The van der Waals surface area contributed by atoms with Gasteiger partial charge in [0.15, 0.2) is 11.5 Å². The van der Waals surface area contributed by atoms with Crippen molar-refractivity contribution >= 4 is 11.6 Å². The van der Waals surface area contributed by atoms with Crippen molar-refractivity contribution in [2.75, 3.05) is 27.9 Å². The van der Waals surface area contributed by atoms with Crippen LogP contribution in [-0.4, -0.2) is 27.9 Å². The Kier molecular flexibility index (Phi) is 7.88. The van der Waals surface area contributed by atoms with Crippen molar-refractivity contribution in [2.45, 2.75) is 26.4 Å². The van der Waals surface area contributed by atoms with Crippen molar-refractivity contribution in [3.05, 3.63) is 46.5 Å². The lowest BCUT2D eigenvalue weighted by Crippen LogP contribution is -2.13. The molecular weight excluding hydrogens is 354 g/mol. The van der Waals surface area contributed by atoms with Gasteiger partial charge in [0.05, 0.1) is 33.0 Å². The first-order valence-corrected chi connectivity index (χ1v) is 8.91. The molecule has 0 saturated heterocycles. The lowest BCUT2D eigenvalue weighted by Gasteiger charge is -2.15. The van der Waals surface area contributed by atoms with Crippen LogP contribution in [0.1, 0.15) is 24.5 Å². The second-order valence-corrected chi connectivity index (χ2v) is 6.15. The van der Waals surface area contributed by atoms with Gasteiger partial charge in [-0.05, 0) is 30.2 Å². The molecule has 0 aliphatic carbocycles. The normalized spacial score (nSPS) is 10.5. The Morgan fingerprint density at radius 3 is 2.35 bits per heavy atom. The maximum absolute atomic E-state index is 6.36. The van der Waals surface area contributed by atoms with Crippen molar-refractivity contribution in [2.24, 2.45) is 0 Å². The summed E-state index contributed by atoms with van der Waals surface area (Å²) in [6, 6.07) is 9.61. The summed E-state index contributed by atoms with van der Waals surface area (Å²) in [6.07, 6.45) is 0.909. The summed E-state index contributed by atoms with van der Waals surface area (Å²) in [7, 11) is 4.90. The highest BCUT2D eigenvalue weighted by Crippen LogP contribution is 2.36. The number of nitrogens with one attached hydrogen (secondary N) is 1.